The van der Waals surface area contributed by atoms with Crippen LogP contribution in [0.2, 0.25) is 0 Å². The van der Waals surface area contributed by atoms with E-state index in [-0.39, 0.29) is 5.88 Å². The smallest absolute Gasteiger partial charge is 0.115 e. The molecule has 0 atom stereocenters. The zero-order chi connectivity index (χ0) is 11.5. The van der Waals surface area contributed by atoms with Crippen LogP contribution in [0, 0.1) is 0 Å². The number of alkyl halides is 1. The van der Waals surface area contributed by atoms with Gasteiger partial charge in [-0.3, -0.25) is 9.97 Å². The molecule has 0 aliphatic heterocycles. The summed E-state index contributed by atoms with van der Waals surface area (Å²) in [6, 6.07) is 3.68. The summed E-state index contributed by atoms with van der Waals surface area (Å²) in [6.07, 6.45) is 3.25. The molecular weight excluding hydrogens is 291 g/mol. The first-order valence-electron chi connectivity index (χ1n) is 4.50. The van der Waals surface area contributed by atoms with Crippen molar-refractivity contribution in [3.05, 3.63) is 29.0 Å². The number of hydrogen-bond acceptors (Lipinski definition) is 3. The second-order valence-electron chi connectivity index (χ2n) is 3.06. The molecule has 0 saturated heterocycles. The summed E-state index contributed by atoms with van der Waals surface area (Å²) in [6.45, 7) is 0. The second kappa shape index (κ2) is 4.76. The summed E-state index contributed by atoms with van der Waals surface area (Å²) in [5, 5.41) is 0. The van der Waals surface area contributed by atoms with Gasteiger partial charge in [0, 0.05) is 16.9 Å². The zero-order valence-corrected chi connectivity index (χ0v) is 10.5. The van der Waals surface area contributed by atoms with Crippen molar-refractivity contribution in [1.82, 2.24) is 9.97 Å². The van der Waals surface area contributed by atoms with Crippen molar-refractivity contribution in [2.24, 2.45) is 10.7 Å². The van der Waals surface area contributed by atoms with E-state index in [9.17, 15) is 0 Å². The van der Waals surface area contributed by atoms with Gasteiger partial charge in [0.15, 0.2) is 0 Å². The number of aliphatic imine (C=N–C) groups is 1. The summed E-state index contributed by atoms with van der Waals surface area (Å²) >= 11 is 8.99. The number of aromatic nitrogens is 2. The third-order valence-electron chi connectivity index (χ3n) is 1.96. The van der Waals surface area contributed by atoms with Crippen LogP contribution in [0.15, 0.2) is 34.0 Å². The number of rotatable bonds is 2. The highest BCUT2D eigenvalue weighted by Gasteiger charge is 2.05. The van der Waals surface area contributed by atoms with E-state index in [0.717, 1.165) is 9.99 Å². The maximum absolute atomic E-state index is 5.59. The quantitative estimate of drug-likeness (QED) is 0.527. The molecule has 1 aromatic carbocycles. The molecule has 0 unspecified atom stereocenters. The van der Waals surface area contributed by atoms with Gasteiger partial charge in [-0.05, 0) is 28.1 Å². The molecule has 1 heterocycles. The monoisotopic (exact) mass is 298 g/mol. The number of halogens is 2. The van der Waals surface area contributed by atoms with Gasteiger partial charge in [0.2, 0.25) is 0 Å². The number of nitrogens with zero attached hydrogens (tertiary/aromatic N) is 3. The van der Waals surface area contributed by atoms with Crippen LogP contribution < -0.4 is 5.73 Å². The summed E-state index contributed by atoms with van der Waals surface area (Å²) in [5.41, 5.74) is 7.72. The van der Waals surface area contributed by atoms with Gasteiger partial charge in [-0.1, -0.05) is 0 Å². The molecule has 0 fully saturated rings. The van der Waals surface area contributed by atoms with Crippen molar-refractivity contribution in [1.29, 1.82) is 0 Å². The van der Waals surface area contributed by atoms with E-state index in [1.54, 1.807) is 12.4 Å². The first kappa shape index (κ1) is 11.3. The van der Waals surface area contributed by atoms with Gasteiger partial charge < -0.3 is 5.73 Å². The number of fused-ring (bicyclic) bond motifs is 1. The van der Waals surface area contributed by atoms with Crippen LogP contribution in [0.4, 0.5) is 5.69 Å². The van der Waals surface area contributed by atoms with E-state index in [1.165, 1.54) is 0 Å². The predicted molar refractivity (Wildman–Crippen MR) is 69.2 cm³/mol. The maximum atomic E-state index is 5.59. The fraction of sp³-hybridized carbons (Fsp3) is 0.100. The van der Waals surface area contributed by atoms with Gasteiger partial charge in [-0.25, -0.2) is 4.99 Å². The summed E-state index contributed by atoms with van der Waals surface area (Å²) in [4.78, 5) is 12.6. The van der Waals surface area contributed by atoms with Crippen molar-refractivity contribution in [2.75, 3.05) is 5.88 Å². The third-order valence-corrected chi connectivity index (χ3v) is 2.87. The second-order valence-corrected chi connectivity index (χ2v) is 4.18. The molecular formula is C10H8BrClN4. The van der Waals surface area contributed by atoms with Gasteiger partial charge >= 0.3 is 0 Å². The first-order chi connectivity index (χ1) is 7.72. The third kappa shape index (κ3) is 2.15. The number of nitrogens with two attached hydrogens (primary N) is 1. The molecule has 1 aromatic heterocycles. The molecule has 6 heteroatoms. The fourth-order valence-electron chi connectivity index (χ4n) is 1.29. The molecule has 2 rings (SSSR count). The van der Waals surface area contributed by atoms with E-state index < -0.39 is 0 Å². The highest BCUT2D eigenvalue weighted by Crippen LogP contribution is 2.28. The lowest BCUT2D eigenvalue weighted by molar-refractivity contribution is 1.28. The standard InChI is InChI=1S/C10H8BrClN4/c11-6-1-2-7(16-8(13)5-12)10-9(6)14-3-4-15-10/h1-4H,5H2,(H2,13,16). The highest BCUT2D eigenvalue weighted by molar-refractivity contribution is 9.10. The Kier molecular flexibility index (Phi) is 3.36. The first-order valence-corrected chi connectivity index (χ1v) is 5.83. The van der Waals surface area contributed by atoms with Crippen LogP contribution in [0.3, 0.4) is 0 Å². The van der Waals surface area contributed by atoms with Crippen LogP contribution in [0.25, 0.3) is 11.0 Å². The topological polar surface area (TPSA) is 64.2 Å². The zero-order valence-electron chi connectivity index (χ0n) is 8.19. The molecule has 16 heavy (non-hydrogen) atoms. The van der Waals surface area contributed by atoms with Crippen LogP contribution in [-0.4, -0.2) is 21.7 Å². The molecule has 2 aromatic rings. The average molecular weight is 300 g/mol. The Labute approximate surface area is 106 Å². The van der Waals surface area contributed by atoms with Crippen LogP contribution in [0.5, 0.6) is 0 Å². The van der Waals surface area contributed by atoms with Crippen LogP contribution in [0.1, 0.15) is 0 Å². The predicted octanol–water partition coefficient (Wildman–Crippen LogP) is 2.62. The normalized spacial score (nSPS) is 12.0. The number of amidine groups is 1. The largest absolute Gasteiger partial charge is 0.386 e. The van der Waals surface area contributed by atoms with Gasteiger partial charge in [0.05, 0.1) is 11.6 Å². The van der Waals surface area contributed by atoms with Crippen molar-refractivity contribution in [2.45, 2.75) is 0 Å². The molecule has 0 bridgehead atoms. The van der Waals surface area contributed by atoms with Crippen molar-refractivity contribution in [3.8, 4) is 0 Å². The summed E-state index contributed by atoms with van der Waals surface area (Å²) in [5.74, 6) is 0.550. The van der Waals surface area contributed by atoms with E-state index in [2.05, 4.69) is 30.9 Å². The lowest BCUT2D eigenvalue weighted by Gasteiger charge is -2.02. The van der Waals surface area contributed by atoms with E-state index in [1.807, 2.05) is 12.1 Å². The van der Waals surface area contributed by atoms with Gasteiger partial charge in [-0.2, -0.15) is 0 Å². The minimum atomic E-state index is 0.192. The minimum absolute atomic E-state index is 0.192. The Balaban J connectivity index is 2.68. The molecule has 4 nitrogen and oxygen atoms in total. The van der Waals surface area contributed by atoms with E-state index >= 15 is 0 Å². The number of hydrogen-bond donors (Lipinski definition) is 1. The molecule has 0 amide bonds. The SMILES string of the molecule is NC(CCl)=Nc1ccc(Br)c2nccnc12. The van der Waals surface area contributed by atoms with E-state index in [0.29, 0.717) is 17.0 Å². The Bertz CT molecular complexity index is 556. The molecule has 0 saturated carbocycles. The van der Waals surface area contributed by atoms with E-state index in [4.69, 9.17) is 17.3 Å². The van der Waals surface area contributed by atoms with Crippen molar-refractivity contribution < 1.29 is 0 Å². The molecule has 0 aliphatic carbocycles. The molecule has 82 valence electrons. The maximum Gasteiger partial charge on any atom is 0.115 e. The van der Waals surface area contributed by atoms with Crippen molar-refractivity contribution >= 4 is 50.1 Å². The summed E-state index contributed by atoms with van der Waals surface area (Å²) < 4.78 is 0.874. The fourth-order valence-corrected chi connectivity index (χ4v) is 1.77. The molecule has 0 spiro atoms. The Morgan fingerprint density at radius 1 is 1.31 bits per heavy atom. The highest BCUT2D eigenvalue weighted by atomic mass is 79.9. The van der Waals surface area contributed by atoms with Gasteiger partial charge in [-0.15, -0.1) is 11.6 Å². The lowest BCUT2D eigenvalue weighted by atomic mass is 10.2. The van der Waals surface area contributed by atoms with Gasteiger partial charge in [0.1, 0.15) is 16.9 Å². The molecule has 0 aliphatic rings. The van der Waals surface area contributed by atoms with Crippen LogP contribution in [-0.2, 0) is 0 Å². The Morgan fingerprint density at radius 2 is 2.00 bits per heavy atom. The molecule has 0 radical (unpaired) electrons. The summed E-state index contributed by atoms with van der Waals surface area (Å²) in [7, 11) is 0. The lowest BCUT2D eigenvalue weighted by Crippen LogP contribution is -2.12. The Morgan fingerprint density at radius 3 is 2.69 bits per heavy atom. The van der Waals surface area contributed by atoms with Crippen LogP contribution >= 0.6 is 27.5 Å². The number of benzene rings is 1. The average Bonchev–Trinajstić information content (AvgIpc) is 2.33. The Hall–Kier alpha value is -1.20. The van der Waals surface area contributed by atoms with Gasteiger partial charge in [0.25, 0.3) is 0 Å². The minimum Gasteiger partial charge on any atom is -0.386 e. The van der Waals surface area contributed by atoms with Crippen molar-refractivity contribution in [3.63, 3.8) is 0 Å². The molecule has 2 N–H and O–H groups in total.